The molecule has 0 amide bonds. The summed E-state index contributed by atoms with van der Waals surface area (Å²) in [6, 6.07) is 0.439. The molecule has 0 aromatic carbocycles. The summed E-state index contributed by atoms with van der Waals surface area (Å²) in [6.07, 6.45) is 2.28. The van der Waals surface area contributed by atoms with Gasteiger partial charge < -0.3 is 5.73 Å². The van der Waals surface area contributed by atoms with E-state index in [2.05, 4.69) is 30.7 Å². The number of aromatic nitrogens is 4. The largest absolute Gasteiger partial charge is 0.383 e. The summed E-state index contributed by atoms with van der Waals surface area (Å²) < 4.78 is 1.96. The Morgan fingerprint density at radius 3 is 2.50 bits per heavy atom. The van der Waals surface area contributed by atoms with Crippen molar-refractivity contribution in [3.8, 4) is 0 Å². The van der Waals surface area contributed by atoms with Crippen LogP contribution < -0.4 is 5.73 Å². The van der Waals surface area contributed by atoms with Crippen LogP contribution in [0.3, 0.4) is 0 Å². The molecular weight excluding hydrogens is 250 g/mol. The van der Waals surface area contributed by atoms with Crippen LogP contribution in [0.2, 0.25) is 5.28 Å². The maximum atomic E-state index is 6.00. The van der Waals surface area contributed by atoms with E-state index in [1.807, 2.05) is 4.68 Å². The standard InChI is InChI=1S/C12H16ClN5/c1-12(2,3)8-7-9(14)15-11(13)16-10(7)18(17-8)6-4-5-6/h6H,4-5H2,1-3H3,(H2,14,15,16). The minimum Gasteiger partial charge on any atom is -0.383 e. The van der Waals surface area contributed by atoms with Gasteiger partial charge in [0.25, 0.3) is 0 Å². The van der Waals surface area contributed by atoms with Crippen molar-refractivity contribution in [2.45, 2.75) is 45.1 Å². The van der Waals surface area contributed by atoms with Crippen molar-refractivity contribution in [1.29, 1.82) is 0 Å². The van der Waals surface area contributed by atoms with Crippen molar-refractivity contribution in [3.05, 3.63) is 11.0 Å². The predicted molar refractivity (Wildman–Crippen MR) is 71.7 cm³/mol. The molecule has 0 saturated heterocycles. The van der Waals surface area contributed by atoms with Crippen LogP contribution >= 0.6 is 11.6 Å². The van der Waals surface area contributed by atoms with Gasteiger partial charge in [0, 0.05) is 5.41 Å². The molecule has 18 heavy (non-hydrogen) atoms. The number of nitrogens with zero attached hydrogens (tertiary/aromatic N) is 4. The van der Waals surface area contributed by atoms with E-state index in [0.29, 0.717) is 11.9 Å². The molecule has 6 heteroatoms. The Bertz CT molecular complexity index is 621. The average Bonchev–Trinajstić information content (AvgIpc) is 2.98. The van der Waals surface area contributed by atoms with Crippen LogP contribution in [0.25, 0.3) is 11.0 Å². The number of anilines is 1. The van der Waals surface area contributed by atoms with Gasteiger partial charge in [-0.25, -0.2) is 9.67 Å². The van der Waals surface area contributed by atoms with Crippen LogP contribution in [0.5, 0.6) is 0 Å². The van der Waals surface area contributed by atoms with E-state index in [4.69, 9.17) is 22.4 Å². The third kappa shape index (κ3) is 1.73. The molecule has 2 N–H and O–H groups in total. The number of nitrogens with two attached hydrogens (primary N) is 1. The van der Waals surface area contributed by atoms with Gasteiger partial charge in [0.2, 0.25) is 5.28 Å². The monoisotopic (exact) mass is 265 g/mol. The summed E-state index contributed by atoms with van der Waals surface area (Å²) in [4.78, 5) is 8.35. The lowest BCUT2D eigenvalue weighted by Gasteiger charge is -2.15. The Labute approximate surface area is 110 Å². The van der Waals surface area contributed by atoms with Gasteiger partial charge in [0.05, 0.1) is 17.1 Å². The van der Waals surface area contributed by atoms with Crippen LogP contribution in [0, 0.1) is 0 Å². The lowest BCUT2D eigenvalue weighted by Crippen LogP contribution is -2.13. The van der Waals surface area contributed by atoms with E-state index >= 15 is 0 Å². The van der Waals surface area contributed by atoms with Gasteiger partial charge in [-0.3, -0.25) is 0 Å². The quantitative estimate of drug-likeness (QED) is 0.805. The highest BCUT2D eigenvalue weighted by Crippen LogP contribution is 2.40. The molecule has 2 aromatic heterocycles. The van der Waals surface area contributed by atoms with Crippen molar-refractivity contribution in [3.63, 3.8) is 0 Å². The van der Waals surface area contributed by atoms with E-state index in [9.17, 15) is 0 Å². The van der Waals surface area contributed by atoms with Crippen molar-refractivity contribution in [2.75, 3.05) is 5.73 Å². The fraction of sp³-hybridized carbons (Fsp3) is 0.583. The molecule has 1 saturated carbocycles. The van der Waals surface area contributed by atoms with Crippen LogP contribution in [0.1, 0.15) is 45.3 Å². The molecule has 0 radical (unpaired) electrons. The SMILES string of the molecule is CC(C)(C)c1nn(C2CC2)c2nc(Cl)nc(N)c12. The fourth-order valence-corrected chi connectivity index (χ4v) is 2.31. The second-order valence-electron chi connectivity index (χ2n) is 5.85. The van der Waals surface area contributed by atoms with E-state index in [0.717, 1.165) is 29.6 Å². The first-order chi connectivity index (χ1) is 8.38. The topological polar surface area (TPSA) is 69.6 Å². The molecule has 96 valence electrons. The van der Waals surface area contributed by atoms with Crippen molar-refractivity contribution in [1.82, 2.24) is 19.7 Å². The van der Waals surface area contributed by atoms with Gasteiger partial charge in [-0.05, 0) is 24.4 Å². The molecule has 1 fully saturated rings. The molecule has 0 spiro atoms. The summed E-state index contributed by atoms with van der Waals surface area (Å²) in [5, 5.41) is 5.73. The highest BCUT2D eigenvalue weighted by Gasteiger charge is 2.32. The zero-order valence-electron chi connectivity index (χ0n) is 10.7. The lowest BCUT2D eigenvalue weighted by molar-refractivity contribution is 0.542. The number of nitrogen functional groups attached to an aromatic ring is 1. The van der Waals surface area contributed by atoms with Gasteiger partial charge in [-0.15, -0.1) is 0 Å². The number of halogens is 1. The minimum atomic E-state index is -0.0936. The third-order valence-corrected chi connectivity index (χ3v) is 3.32. The van der Waals surface area contributed by atoms with Crippen molar-refractivity contribution < 1.29 is 0 Å². The van der Waals surface area contributed by atoms with Crippen LogP contribution in [-0.2, 0) is 5.41 Å². The summed E-state index contributed by atoms with van der Waals surface area (Å²) in [5.74, 6) is 0.418. The Morgan fingerprint density at radius 2 is 1.94 bits per heavy atom. The molecule has 1 aliphatic rings. The first-order valence-corrected chi connectivity index (χ1v) is 6.47. The molecule has 1 aliphatic carbocycles. The van der Waals surface area contributed by atoms with Crippen molar-refractivity contribution in [2.24, 2.45) is 0 Å². The summed E-state index contributed by atoms with van der Waals surface area (Å²) >= 11 is 5.90. The smallest absolute Gasteiger partial charge is 0.226 e. The predicted octanol–water partition coefficient (Wildman–Crippen LogP) is 2.69. The fourth-order valence-electron chi connectivity index (χ4n) is 2.13. The number of fused-ring (bicyclic) bond motifs is 1. The number of hydrogen-bond acceptors (Lipinski definition) is 4. The Morgan fingerprint density at radius 1 is 1.28 bits per heavy atom. The number of rotatable bonds is 1. The lowest BCUT2D eigenvalue weighted by atomic mass is 9.90. The van der Waals surface area contributed by atoms with Crippen molar-refractivity contribution >= 4 is 28.5 Å². The van der Waals surface area contributed by atoms with Gasteiger partial charge in [-0.1, -0.05) is 20.8 Å². The van der Waals surface area contributed by atoms with Gasteiger partial charge in [-0.2, -0.15) is 10.1 Å². The van der Waals surface area contributed by atoms with E-state index in [1.54, 1.807) is 0 Å². The van der Waals surface area contributed by atoms with Gasteiger partial charge in [0.1, 0.15) is 5.82 Å². The summed E-state index contributed by atoms with van der Waals surface area (Å²) in [5.41, 5.74) is 7.61. The molecule has 0 aliphatic heterocycles. The normalized spacial score (nSPS) is 16.4. The molecule has 0 atom stereocenters. The maximum Gasteiger partial charge on any atom is 0.226 e. The highest BCUT2D eigenvalue weighted by molar-refractivity contribution is 6.28. The second-order valence-corrected chi connectivity index (χ2v) is 6.19. The minimum absolute atomic E-state index is 0.0936. The van der Waals surface area contributed by atoms with E-state index < -0.39 is 0 Å². The molecule has 2 aromatic rings. The maximum absolute atomic E-state index is 6.00. The van der Waals surface area contributed by atoms with Crippen LogP contribution in [-0.4, -0.2) is 19.7 Å². The summed E-state index contributed by atoms with van der Waals surface area (Å²) in [6.45, 7) is 6.33. The second kappa shape index (κ2) is 3.57. The first-order valence-electron chi connectivity index (χ1n) is 6.09. The Balaban J connectivity index is 2.37. The molecule has 2 heterocycles. The Hall–Kier alpha value is -1.36. The van der Waals surface area contributed by atoms with Gasteiger partial charge in [0.15, 0.2) is 5.65 Å². The van der Waals surface area contributed by atoms with E-state index in [-0.39, 0.29) is 10.7 Å². The zero-order chi connectivity index (χ0) is 13.1. The molecule has 5 nitrogen and oxygen atoms in total. The third-order valence-electron chi connectivity index (χ3n) is 3.16. The summed E-state index contributed by atoms with van der Waals surface area (Å²) in [7, 11) is 0. The molecule has 3 rings (SSSR count). The average molecular weight is 266 g/mol. The highest BCUT2D eigenvalue weighted by atomic mass is 35.5. The molecular formula is C12H16ClN5. The molecule has 0 unspecified atom stereocenters. The number of hydrogen-bond donors (Lipinski definition) is 1. The first kappa shape index (κ1) is 11.7. The Kier molecular flexibility index (Phi) is 2.32. The zero-order valence-corrected chi connectivity index (χ0v) is 11.5. The van der Waals surface area contributed by atoms with Gasteiger partial charge >= 0.3 is 0 Å². The van der Waals surface area contributed by atoms with Crippen LogP contribution in [0.15, 0.2) is 0 Å². The van der Waals surface area contributed by atoms with E-state index in [1.165, 1.54) is 0 Å². The molecule has 0 bridgehead atoms. The van der Waals surface area contributed by atoms with Crippen LogP contribution in [0.4, 0.5) is 5.82 Å².